The van der Waals surface area contributed by atoms with E-state index in [9.17, 15) is 14.4 Å². The van der Waals surface area contributed by atoms with Crippen LogP contribution in [0, 0.1) is 0 Å². The van der Waals surface area contributed by atoms with E-state index in [4.69, 9.17) is 4.74 Å². The second kappa shape index (κ2) is 8.90. The molecule has 0 fully saturated rings. The van der Waals surface area contributed by atoms with Gasteiger partial charge in [0.1, 0.15) is 5.60 Å². The van der Waals surface area contributed by atoms with Gasteiger partial charge >= 0.3 is 6.09 Å². The van der Waals surface area contributed by atoms with Gasteiger partial charge in [-0.2, -0.15) is 0 Å². The van der Waals surface area contributed by atoms with Crippen molar-refractivity contribution >= 4 is 23.6 Å². The highest BCUT2D eigenvalue weighted by atomic mass is 16.6. The molecule has 1 aromatic carbocycles. The number of anilines is 1. The minimum absolute atomic E-state index is 0.0367. The van der Waals surface area contributed by atoms with Crippen LogP contribution in [-0.4, -0.2) is 36.6 Å². The first-order valence-corrected chi connectivity index (χ1v) is 7.82. The number of benzene rings is 1. The van der Waals surface area contributed by atoms with E-state index in [2.05, 4.69) is 16.0 Å². The van der Waals surface area contributed by atoms with Gasteiger partial charge in [-0.15, -0.1) is 0 Å². The Kier molecular flexibility index (Phi) is 7.23. The van der Waals surface area contributed by atoms with Crippen molar-refractivity contribution in [3.05, 3.63) is 29.8 Å². The Morgan fingerprint density at radius 2 is 1.62 bits per heavy atom. The molecule has 132 valence electrons. The third kappa shape index (κ3) is 8.17. The van der Waals surface area contributed by atoms with Crippen molar-refractivity contribution in [2.24, 2.45) is 0 Å². The Morgan fingerprint density at radius 1 is 1.00 bits per heavy atom. The number of amides is 3. The van der Waals surface area contributed by atoms with Crippen LogP contribution in [0.5, 0.6) is 0 Å². The summed E-state index contributed by atoms with van der Waals surface area (Å²) in [6.07, 6.45) is -0.374. The number of nitrogens with one attached hydrogen (secondary N) is 3. The largest absolute Gasteiger partial charge is 0.444 e. The Balaban J connectivity index is 2.45. The molecule has 3 N–H and O–H groups in total. The van der Waals surface area contributed by atoms with Crippen molar-refractivity contribution < 1.29 is 19.1 Å². The fourth-order valence-electron chi connectivity index (χ4n) is 1.81. The van der Waals surface area contributed by atoms with Crippen LogP contribution in [0.4, 0.5) is 10.5 Å². The summed E-state index contributed by atoms with van der Waals surface area (Å²) in [5.74, 6) is -0.461. The van der Waals surface area contributed by atoms with Gasteiger partial charge in [0.15, 0.2) is 0 Å². The van der Waals surface area contributed by atoms with Crippen LogP contribution in [0.15, 0.2) is 24.3 Å². The van der Waals surface area contributed by atoms with E-state index in [-0.39, 0.29) is 24.8 Å². The predicted octanol–water partition coefficient (Wildman–Crippen LogP) is 1.83. The Morgan fingerprint density at radius 3 is 2.17 bits per heavy atom. The van der Waals surface area contributed by atoms with E-state index >= 15 is 0 Å². The molecule has 0 spiro atoms. The molecule has 0 radical (unpaired) electrons. The standard InChI is InChI=1S/C17H25N3O4/c1-5-18-15(22)11-19-14(21)10-12-6-8-13(9-7-12)20-16(23)24-17(2,3)4/h6-9H,5,10-11H2,1-4H3,(H,18,22)(H,19,21)(H,20,23). The van der Waals surface area contributed by atoms with Crippen molar-refractivity contribution in [2.45, 2.75) is 39.7 Å². The first kappa shape index (κ1) is 19.5. The van der Waals surface area contributed by atoms with Crippen LogP contribution in [0.3, 0.4) is 0 Å². The number of carbonyl (C=O) groups excluding carboxylic acids is 3. The van der Waals surface area contributed by atoms with E-state index in [0.717, 1.165) is 5.56 Å². The number of hydrogen-bond donors (Lipinski definition) is 3. The first-order valence-electron chi connectivity index (χ1n) is 7.82. The van der Waals surface area contributed by atoms with Gasteiger partial charge < -0.3 is 15.4 Å². The summed E-state index contributed by atoms with van der Waals surface area (Å²) in [4.78, 5) is 34.7. The van der Waals surface area contributed by atoms with Gasteiger partial charge in [0, 0.05) is 12.2 Å². The summed E-state index contributed by atoms with van der Waals surface area (Å²) in [5.41, 5.74) is 0.792. The average molecular weight is 335 g/mol. The zero-order valence-corrected chi connectivity index (χ0v) is 14.6. The maximum absolute atomic E-state index is 11.8. The van der Waals surface area contributed by atoms with E-state index in [0.29, 0.717) is 12.2 Å². The Hall–Kier alpha value is -2.57. The molecule has 0 saturated heterocycles. The van der Waals surface area contributed by atoms with Gasteiger partial charge in [0.25, 0.3) is 0 Å². The van der Waals surface area contributed by atoms with Crippen molar-refractivity contribution in [3.8, 4) is 0 Å². The van der Waals surface area contributed by atoms with Gasteiger partial charge in [0.2, 0.25) is 11.8 Å². The van der Waals surface area contributed by atoms with Crippen molar-refractivity contribution in [3.63, 3.8) is 0 Å². The van der Waals surface area contributed by atoms with Crippen LogP contribution < -0.4 is 16.0 Å². The van der Waals surface area contributed by atoms with Crippen LogP contribution in [-0.2, 0) is 20.7 Å². The number of hydrogen-bond acceptors (Lipinski definition) is 4. The third-order valence-electron chi connectivity index (χ3n) is 2.78. The molecule has 0 saturated carbocycles. The molecule has 0 aromatic heterocycles. The molecule has 3 amide bonds. The van der Waals surface area contributed by atoms with Crippen LogP contribution in [0.1, 0.15) is 33.3 Å². The maximum atomic E-state index is 11.8. The highest BCUT2D eigenvalue weighted by Gasteiger charge is 2.16. The smallest absolute Gasteiger partial charge is 0.412 e. The normalized spacial score (nSPS) is 10.7. The van der Waals surface area contributed by atoms with Crippen molar-refractivity contribution in [2.75, 3.05) is 18.4 Å². The molecular weight excluding hydrogens is 310 g/mol. The van der Waals surface area contributed by atoms with Crippen molar-refractivity contribution in [1.82, 2.24) is 10.6 Å². The lowest BCUT2D eigenvalue weighted by Gasteiger charge is -2.19. The summed E-state index contributed by atoms with van der Waals surface area (Å²) < 4.78 is 5.16. The summed E-state index contributed by atoms with van der Waals surface area (Å²) >= 11 is 0. The highest BCUT2D eigenvalue weighted by molar-refractivity contribution is 5.86. The molecule has 0 heterocycles. The van der Waals surface area contributed by atoms with E-state index in [1.807, 2.05) is 6.92 Å². The second-order valence-corrected chi connectivity index (χ2v) is 6.23. The van der Waals surface area contributed by atoms with E-state index in [1.54, 1.807) is 45.0 Å². The lowest BCUT2D eigenvalue weighted by atomic mass is 10.1. The van der Waals surface area contributed by atoms with Crippen LogP contribution in [0.2, 0.25) is 0 Å². The fraction of sp³-hybridized carbons (Fsp3) is 0.471. The summed E-state index contributed by atoms with van der Waals surface area (Å²) in [5, 5.41) is 7.77. The average Bonchev–Trinajstić information content (AvgIpc) is 2.45. The molecule has 7 nitrogen and oxygen atoms in total. The van der Waals surface area contributed by atoms with E-state index < -0.39 is 11.7 Å². The molecule has 0 aliphatic heterocycles. The minimum atomic E-state index is -0.563. The molecule has 1 rings (SSSR count). The highest BCUT2D eigenvalue weighted by Crippen LogP contribution is 2.13. The van der Waals surface area contributed by atoms with Gasteiger partial charge in [0.05, 0.1) is 13.0 Å². The summed E-state index contributed by atoms with van der Waals surface area (Å²) in [7, 11) is 0. The number of carbonyl (C=O) groups is 3. The van der Waals surface area contributed by atoms with Gasteiger partial charge in [-0.1, -0.05) is 12.1 Å². The Bertz CT molecular complexity index is 576. The molecule has 0 bridgehead atoms. The number of likely N-dealkylation sites (N-methyl/N-ethyl adjacent to an activating group) is 1. The van der Waals surface area contributed by atoms with Gasteiger partial charge in [-0.25, -0.2) is 4.79 Å². The topological polar surface area (TPSA) is 96.5 Å². The zero-order valence-electron chi connectivity index (χ0n) is 14.6. The van der Waals surface area contributed by atoms with Gasteiger partial charge in [-0.3, -0.25) is 14.9 Å². The number of rotatable bonds is 6. The lowest BCUT2D eigenvalue weighted by Crippen LogP contribution is -2.37. The summed E-state index contributed by atoms with van der Waals surface area (Å²) in [6.45, 7) is 7.66. The monoisotopic (exact) mass is 335 g/mol. The van der Waals surface area contributed by atoms with Gasteiger partial charge in [-0.05, 0) is 45.4 Å². The minimum Gasteiger partial charge on any atom is -0.444 e. The maximum Gasteiger partial charge on any atom is 0.412 e. The third-order valence-corrected chi connectivity index (χ3v) is 2.78. The second-order valence-electron chi connectivity index (χ2n) is 6.23. The molecule has 7 heteroatoms. The molecule has 24 heavy (non-hydrogen) atoms. The number of ether oxygens (including phenoxy) is 1. The molecule has 0 atom stereocenters. The predicted molar refractivity (Wildman–Crippen MR) is 91.7 cm³/mol. The Labute approximate surface area is 142 Å². The first-order chi connectivity index (χ1) is 11.2. The van der Waals surface area contributed by atoms with Crippen LogP contribution >= 0.6 is 0 Å². The van der Waals surface area contributed by atoms with E-state index in [1.165, 1.54) is 0 Å². The zero-order chi connectivity index (χ0) is 18.2. The summed E-state index contributed by atoms with van der Waals surface area (Å²) in [6, 6.07) is 6.85. The molecular formula is C17H25N3O4. The molecule has 0 unspecified atom stereocenters. The quantitative estimate of drug-likeness (QED) is 0.739. The van der Waals surface area contributed by atoms with Crippen molar-refractivity contribution in [1.29, 1.82) is 0 Å². The van der Waals surface area contributed by atoms with Crippen LogP contribution in [0.25, 0.3) is 0 Å². The molecule has 0 aliphatic rings. The SMILES string of the molecule is CCNC(=O)CNC(=O)Cc1ccc(NC(=O)OC(C)(C)C)cc1. The molecule has 1 aromatic rings. The molecule has 0 aliphatic carbocycles. The fourth-order valence-corrected chi connectivity index (χ4v) is 1.81. The lowest BCUT2D eigenvalue weighted by molar-refractivity contribution is -0.125.